The van der Waals surface area contributed by atoms with Crippen molar-refractivity contribution in [3.63, 3.8) is 0 Å². The fourth-order valence-electron chi connectivity index (χ4n) is 2.00. The number of allylic oxidation sites excluding steroid dienone is 1. The average Bonchev–Trinajstić information content (AvgIpc) is 2.10. The Labute approximate surface area is 86.8 Å². The number of hydrogen-bond donors (Lipinski definition) is 1. The van der Waals surface area contributed by atoms with Crippen LogP contribution in [-0.2, 0) is 4.79 Å². The molecule has 1 amide bonds. The summed E-state index contributed by atoms with van der Waals surface area (Å²) in [6, 6.07) is 0.416. The van der Waals surface area contributed by atoms with E-state index in [0.29, 0.717) is 6.04 Å². The van der Waals surface area contributed by atoms with E-state index in [4.69, 9.17) is 0 Å². The highest BCUT2D eigenvalue weighted by molar-refractivity contribution is 5.87. The molecule has 1 aliphatic rings. The topological polar surface area (TPSA) is 29.1 Å². The second kappa shape index (κ2) is 6.63. The van der Waals surface area contributed by atoms with E-state index in [0.717, 1.165) is 12.8 Å². The van der Waals surface area contributed by atoms with Crippen LogP contribution in [0, 0.1) is 0 Å². The number of amides is 1. The molecule has 1 aliphatic carbocycles. The first-order valence-electron chi connectivity index (χ1n) is 5.76. The van der Waals surface area contributed by atoms with E-state index in [-0.39, 0.29) is 5.91 Å². The summed E-state index contributed by atoms with van der Waals surface area (Å²) in [6.07, 6.45) is 12.3. The minimum absolute atomic E-state index is 0.0677. The molecule has 0 bridgehead atoms. The summed E-state index contributed by atoms with van der Waals surface area (Å²) >= 11 is 0. The van der Waals surface area contributed by atoms with Crippen LogP contribution < -0.4 is 5.32 Å². The Hall–Kier alpha value is -0.790. The van der Waals surface area contributed by atoms with E-state index in [2.05, 4.69) is 5.32 Å². The highest BCUT2D eigenvalue weighted by atomic mass is 16.1. The van der Waals surface area contributed by atoms with Gasteiger partial charge in [0.25, 0.3) is 0 Å². The number of carbonyl (C=O) groups excluding carboxylic acids is 1. The maximum atomic E-state index is 11.3. The van der Waals surface area contributed by atoms with Crippen molar-refractivity contribution in [1.29, 1.82) is 0 Å². The van der Waals surface area contributed by atoms with Crippen LogP contribution in [0.3, 0.4) is 0 Å². The van der Waals surface area contributed by atoms with Crippen LogP contribution in [0.5, 0.6) is 0 Å². The maximum Gasteiger partial charge on any atom is 0.243 e. The van der Waals surface area contributed by atoms with Crippen LogP contribution in [-0.4, -0.2) is 11.9 Å². The first kappa shape index (κ1) is 11.3. The van der Waals surface area contributed by atoms with E-state index in [1.54, 1.807) is 12.2 Å². The van der Waals surface area contributed by atoms with Crippen LogP contribution in [0.15, 0.2) is 12.2 Å². The van der Waals surface area contributed by atoms with E-state index in [9.17, 15) is 4.79 Å². The predicted octanol–water partition coefficient (Wildman–Crippen LogP) is 2.79. The fourth-order valence-corrected chi connectivity index (χ4v) is 2.00. The molecule has 80 valence electrons. The Morgan fingerprint density at radius 3 is 2.29 bits per heavy atom. The second-order valence-electron chi connectivity index (χ2n) is 4.05. The first-order valence-corrected chi connectivity index (χ1v) is 5.76. The van der Waals surface area contributed by atoms with Crippen LogP contribution in [0.2, 0.25) is 0 Å². The Morgan fingerprint density at radius 1 is 1.14 bits per heavy atom. The number of rotatable bonds is 2. The lowest BCUT2D eigenvalue weighted by molar-refractivity contribution is -0.117. The van der Waals surface area contributed by atoms with Gasteiger partial charge in [0, 0.05) is 6.04 Å². The highest BCUT2D eigenvalue weighted by Crippen LogP contribution is 2.16. The lowest BCUT2D eigenvalue weighted by Gasteiger charge is -2.20. The van der Waals surface area contributed by atoms with Crippen molar-refractivity contribution in [3.8, 4) is 0 Å². The molecule has 14 heavy (non-hydrogen) atoms. The molecule has 2 nitrogen and oxygen atoms in total. The summed E-state index contributed by atoms with van der Waals surface area (Å²) in [5.41, 5.74) is 0. The smallest absolute Gasteiger partial charge is 0.243 e. The van der Waals surface area contributed by atoms with E-state index >= 15 is 0 Å². The summed E-state index contributed by atoms with van der Waals surface area (Å²) in [5, 5.41) is 3.06. The van der Waals surface area contributed by atoms with Gasteiger partial charge in [-0.1, -0.05) is 38.2 Å². The third kappa shape index (κ3) is 4.45. The van der Waals surface area contributed by atoms with Gasteiger partial charge in [-0.25, -0.2) is 0 Å². The van der Waals surface area contributed by atoms with E-state index < -0.39 is 0 Å². The van der Waals surface area contributed by atoms with Crippen molar-refractivity contribution in [3.05, 3.63) is 12.2 Å². The molecule has 1 rings (SSSR count). The van der Waals surface area contributed by atoms with Crippen molar-refractivity contribution in [2.45, 2.75) is 57.9 Å². The Kier molecular flexibility index (Phi) is 5.35. The zero-order chi connectivity index (χ0) is 10.2. The molecule has 0 aliphatic heterocycles. The molecule has 0 heterocycles. The second-order valence-corrected chi connectivity index (χ2v) is 4.05. The number of nitrogens with one attached hydrogen (secondary N) is 1. The minimum Gasteiger partial charge on any atom is -0.350 e. The van der Waals surface area contributed by atoms with Crippen LogP contribution in [0.4, 0.5) is 0 Å². The number of carbonyl (C=O) groups is 1. The number of hydrogen-bond acceptors (Lipinski definition) is 1. The zero-order valence-electron chi connectivity index (χ0n) is 9.09. The summed E-state index contributed by atoms with van der Waals surface area (Å²) in [4.78, 5) is 11.3. The van der Waals surface area contributed by atoms with Crippen LogP contribution in [0.25, 0.3) is 0 Å². The molecule has 2 heteroatoms. The van der Waals surface area contributed by atoms with Crippen molar-refractivity contribution in [1.82, 2.24) is 5.32 Å². The molecule has 1 fully saturated rings. The molecule has 0 spiro atoms. The van der Waals surface area contributed by atoms with Crippen LogP contribution in [0.1, 0.15) is 51.9 Å². The molecule has 1 saturated carbocycles. The van der Waals surface area contributed by atoms with Gasteiger partial charge in [-0.05, 0) is 25.8 Å². The fraction of sp³-hybridized carbons (Fsp3) is 0.750. The minimum atomic E-state index is 0.0677. The maximum absolute atomic E-state index is 11.3. The molecular weight excluding hydrogens is 174 g/mol. The largest absolute Gasteiger partial charge is 0.350 e. The van der Waals surface area contributed by atoms with Crippen molar-refractivity contribution >= 4 is 5.91 Å². The molecule has 0 atom stereocenters. The lowest BCUT2D eigenvalue weighted by Crippen LogP contribution is -2.34. The quantitative estimate of drug-likeness (QED) is 0.674. The zero-order valence-corrected chi connectivity index (χ0v) is 9.09. The Morgan fingerprint density at radius 2 is 1.71 bits per heavy atom. The van der Waals surface area contributed by atoms with Crippen molar-refractivity contribution in [2.24, 2.45) is 0 Å². The molecule has 0 radical (unpaired) electrons. The summed E-state index contributed by atoms with van der Waals surface area (Å²) < 4.78 is 0. The molecule has 0 unspecified atom stereocenters. The third-order valence-corrected chi connectivity index (χ3v) is 2.77. The third-order valence-electron chi connectivity index (χ3n) is 2.77. The predicted molar refractivity (Wildman–Crippen MR) is 59.1 cm³/mol. The van der Waals surface area contributed by atoms with Gasteiger partial charge in [0.1, 0.15) is 0 Å². The van der Waals surface area contributed by atoms with Gasteiger partial charge in [-0.2, -0.15) is 0 Å². The van der Waals surface area contributed by atoms with E-state index in [1.807, 2.05) is 6.92 Å². The Bertz CT molecular complexity index is 190. The molecule has 1 N–H and O–H groups in total. The van der Waals surface area contributed by atoms with Crippen molar-refractivity contribution in [2.75, 3.05) is 0 Å². The monoisotopic (exact) mass is 195 g/mol. The molecule has 0 aromatic heterocycles. The van der Waals surface area contributed by atoms with E-state index in [1.165, 1.54) is 32.1 Å². The molecular formula is C12H21NO. The SMILES string of the molecule is CC=CC(=O)NC1CCCCCCC1. The standard InChI is InChI=1S/C12H21NO/c1-2-8-12(14)13-11-9-6-4-3-5-7-10-11/h2,8,11H,3-7,9-10H2,1H3,(H,13,14). The van der Waals surface area contributed by atoms with Crippen molar-refractivity contribution < 1.29 is 4.79 Å². The van der Waals surface area contributed by atoms with Gasteiger partial charge >= 0.3 is 0 Å². The van der Waals surface area contributed by atoms with Gasteiger partial charge in [0.2, 0.25) is 5.91 Å². The summed E-state index contributed by atoms with van der Waals surface area (Å²) in [6.45, 7) is 1.87. The summed E-state index contributed by atoms with van der Waals surface area (Å²) in [7, 11) is 0. The first-order chi connectivity index (χ1) is 6.83. The summed E-state index contributed by atoms with van der Waals surface area (Å²) in [5.74, 6) is 0.0677. The van der Waals surface area contributed by atoms with Gasteiger partial charge < -0.3 is 5.32 Å². The van der Waals surface area contributed by atoms with Gasteiger partial charge in [0.15, 0.2) is 0 Å². The van der Waals surface area contributed by atoms with Gasteiger partial charge in [0.05, 0.1) is 0 Å². The Balaban J connectivity index is 2.29. The average molecular weight is 195 g/mol. The molecule has 0 aromatic rings. The lowest BCUT2D eigenvalue weighted by atomic mass is 9.97. The highest BCUT2D eigenvalue weighted by Gasteiger charge is 2.11. The molecule has 0 aromatic carbocycles. The van der Waals surface area contributed by atoms with Gasteiger partial charge in [-0.15, -0.1) is 0 Å². The van der Waals surface area contributed by atoms with Crippen LogP contribution >= 0.6 is 0 Å². The molecule has 0 saturated heterocycles. The normalized spacial score (nSPS) is 20.4. The van der Waals surface area contributed by atoms with Gasteiger partial charge in [-0.3, -0.25) is 4.79 Å².